The summed E-state index contributed by atoms with van der Waals surface area (Å²) < 4.78 is 11.4. The van der Waals surface area contributed by atoms with Crippen molar-refractivity contribution < 1.29 is 19.1 Å². The molecule has 2 fully saturated rings. The van der Waals surface area contributed by atoms with Gasteiger partial charge in [-0.25, -0.2) is 0 Å². The molecule has 0 spiro atoms. The molecule has 1 aromatic heterocycles. The van der Waals surface area contributed by atoms with E-state index >= 15 is 0 Å². The second kappa shape index (κ2) is 10.7. The fraction of sp³-hybridized carbons (Fsp3) is 0.321. The molecule has 0 N–H and O–H groups in total. The summed E-state index contributed by atoms with van der Waals surface area (Å²) in [5.41, 5.74) is 3.14. The first kappa shape index (κ1) is 23.1. The smallest absolute Gasteiger partial charge is 0.254 e. The van der Waals surface area contributed by atoms with Crippen molar-refractivity contribution in [1.82, 2.24) is 9.88 Å². The molecule has 180 valence electrons. The number of pyridine rings is 1. The van der Waals surface area contributed by atoms with Crippen LogP contribution in [0, 0.1) is 0 Å². The van der Waals surface area contributed by atoms with Crippen molar-refractivity contribution in [2.45, 2.75) is 38.5 Å². The van der Waals surface area contributed by atoms with Gasteiger partial charge in [0.1, 0.15) is 11.9 Å². The first-order valence-electron chi connectivity index (χ1n) is 12.1. The van der Waals surface area contributed by atoms with Gasteiger partial charge in [0.2, 0.25) is 5.91 Å². The van der Waals surface area contributed by atoms with Crippen molar-refractivity contribution in [3.05, 3.63) is 89.7 Å². The molecule has 0 bridgehead atoms. The van der Waals surface area contributed by atoms with Crippen LogP contribution >= 0.6 is 0 Å². The van der Waals surface area contributed by atoms with Crippen molar-refractivity contribution in [2.24, 2.45) is 0 Å². The maximum atomic E-state index is 13.7. The average Bonchev–Trinajstić information content (AvgIpc) is 3.57. The van der Waals surface area contributed by atoms with Crippen LogP contribution in [0.2, 0.25) is 0 Å². The Hall–Kier alpha value is -3.71. The summed E-state index contributed by atoms with van der Waals surface area (Å²) >= 11 is 0. The molecule has 5 rings (SSSR count). The third kappa shape index (κ3) is 5.69. The quantitative estimate of drug-likeness (QED) is 0.492. The normalized spacial score (nSPS) is 17.5. The number of carbonyl (C=O) groups excluding carboxylic acids is 2. The zero-order valence-corrected chi connectivity index (χ0v) is 19.6. The van der Waals surface area contributed by atoms with Gasteiger partial charge in [-0.2, -0.15) is 0 Å². The summed E-state index contributed by atoms with van der Waals surface area (Å²) in [6.07, 6.45) is 4.12. The minimum Gasteiger partial charge on any atom is -0.488 e. The van der Waals surface area contributed by atoms with Gasteiger partial charge in [-0.1, -0.05) is 24.3 Å². The Morgan fingerprint density at radius 2 is 1.97 bits per heavy atom. The third-order valence-corrected chi connectivity index (χ3v) is 6.33. The van der Waals surface area contributed by atoms with Crippen LogP contribution in [0.25, 0.3) is 0 Å². The molecular weight excluding hydrogens is 442 g/mol. The molecule has 3 aromatic rings. The van der Waals surface area contributed by atoms with E-state index in [1.807, 2.05) is 60.7 Å². The summed E-state index contributed by atoms with van der Waals surface area (Å²) in [6, 6.07) is 20.9. The van der Waals surface area contributed by atoms with Crippen molar-refractivity contribution in [3.8, 4) is 5.75 Å². The van der Waals surface area contributed by atoms with Gasteiger partial charge >= 0.3 is 0 Å². The monoisotopic (exact) mass is 471 g/mol. The van der Waals surface area contributed by atoms with E-state index in [1.165, 1.54) is 0 Å². The lowest BCUT2D eigenvalue weighted by atomic mass is 10.1. The number of aromatic nitrogens is 1. The molecule has 7 nitrogen and oxygen atoms in total. The fourth-order valence-corrected chi connectivity index (χ4v) is 4.49. The molecule has 0 saturated carbocycles. The van der Waals surface area contributed by atoms with Crippen LogP contribution < -0.4 is 9.64 Å². The predicted molar refractivity (Wildman–Crippen MR) is 132 cm³/mol. The van der Waals surface area contributed by atoms with Crippen LogP contribution in [0.3, 0.4) is 0 Å². The Labute approximate surface area is 205 Å². The molecule has 0 aliphatic carbocycles. The molecule has 2 aliphatic heterocycles. The lowest BCUT2D eigenvalue weighted by molar-refractivity contribution is -0.117. The highest BCUT2D eigenvalue weighted by molar-refractivity contribution is 5.99. The SMILES string of the molecule is O=C(c1cccc(N2CCCC2=O)c1)N(Cc1ccc(O[C@H]2CCOC2)cc1)Cc1ccccn1. The van der Waals surface area contributed by atoms with Gasteiger partial charge in [-0.15, -0.1) is 0 Å². The molecule has 0 radical (unpaired) electrons. The van der Waals surface area contributed by atoms with Gasteiger partial charge in [-0.05, 0) is 54.4 Å². The van der Waals surface area contributed by atoms with E-state index < -0.39 is 0 Å². The lowest BCUT2D eigenvalue weighted by Gasteiger charge is -2.24. The summed E-state index contributed by atoms with van der Waals surface area (Å²) in [7, 11) is 0. The number of anilines is 1. The lowest BCUT2D eigenvalue weighted by Crippen LogP contribution is -2.31. The summed E-state index contributed by atoms with van der Waals surface area (Å²) in [4.78, 5) is 33.8. The zero-order chi connectivity index (χ0) is 24.0. The fourth-order valence-electron chi connectivity index (χ4n) is 4.49. The van der Waals surface area contributed by atoms with E-state index in [0.29, 0.717) is 38.2 Å². The van der Waals surface area contributed by atoms with Crippen molar-refractivity contribution in [3.63, 3.8) is 0 Å². The Morgan fingerprint density at radius 3 is 2.69 bits per heavy atom. The number of nitrogens with zero attached hydrogens (tertiary/aromatic N) is 3. The maximum absolute atomic E-state index is 13.7. The molecule has 2 aliphatic rings. The highest BCUT2D eigenvalue weighted by Crippen LogP contribution is 2.24. The van der Waals surface area contributed by atoms with E-state index in [0.717, 1.165) is 42.1 Å². The average molecular weight is 472 g/mol. The molecule has 3 heterocycles. The van der Waals surface area contributed by atoms with E-state index in [4.69, 9.17) is 9.47 Å². The predicted octanol–water partition coefficient (Wildman–Crippen LogP) is 4.22. The number of benzene rings is 2. The van der Waals surface area contributed by atoms with Crippen LogP contribution in [0.5, 0.6) is 5.75 Å². The number of ether oxygens (including phenoxy) is 2. The Balaban J connectivity index is 1.35. The van der Waals surface area contributed by atoms with Gasteiger partial charge in [0.15, 0.2) is 0 Å². The van der Waals surface area contributed by atoms with E-state index in [9.17, 15) is 9.59 Å². The largest absolute Gasteiger partial charge is 0.488 e. The molecule has 7 heteroatoms. The number of rotatable bonds is 8. The van der Waals surface area contributed by atoms with E-state index in [1.54, 1.807) is 22.1 Å². The van der Waals surface area contributed by atoms with E-state index in [-0.39, 0.29) is 17.9 Å². The molecule has 2 saturated heterocycles. The van der Waals surface area contributed by atoms with Gasteiger partial charge in [-0.3, -0.25) is 14.6 Å². The minimum atomic E-state index is -0.104. The van der Waals surface area contributed by atoms with Gasteiger partial charge in [0.25, 0.3) is 5.91 Å². The van der Waals surface area contributed by atoms with Crippen LogP contribution in [0.1, 0.15) is 40.9 Å². The highest BCUT2D eigenvalue weighted by Gasteiger charge is 2.24. The first-order chi connectivity index (χ1) is 17.2. The van der Waals surface area contributed by atoms with Crippen LogP contribution in [-0.2, 0) is 22.6 Å². The van der Waals surface area contributed by atoms with Gasteiger partial charge in [0.05, 0.1) is 25.5 Å². The first-order valence-corrected chi connectivity index (χ1v) is 12.1. The summed E-state index contributed by atoms with van der Waals surface area (Å²) in [6.45, 7) is 2.85. The van der Waals surface area contributed by atoms with Crippen molar-refractivity contribution in [2.75, 3.05) is 24.7 Å². The molecule has 35 heavy (non-hydrogen) atoms. The highest BCUT2D eigenvalue weighted by atomic mass is 16.5. The maximum Gasteiger partial charge on any atom is 0.254 e. The molecule has 2 amide bonds. The van der Waals surface area contributed by atoms with Crippen LogP contribution in [0.15, 0.2) is 72.9 Å². The third-order valence-electron chi connectivity index (χ3n) is 6.33. The molecular formula is C28H29N3O4. The number of carbonyl (C=O) groups is 2. The van der Waals surface area contributed by atoms with Crippen LogP contribution in [0.4, 0.5) is 5.69 Å². The zero-order valence-electron chi connectivity index (χ0n) is 19.6. The Morgan fingerprint density at radius 1 is 1.09 bits per heavy atom. The number of hydrogen-bond donors (Lipinski definition) is 0. The minimum absolute atomic E-state index is 0.0952. The number of amides is 2. The van der Waals surface area contributed by atoms with Crippen molar-refractivity contribution >= 4 is 17.5 Å². The standard InChI is InChI=1S/C28H29N3O4/c32-27-8-4-15-31(27)24-7-3-5-22(17-24)28(33)30(19-23-6-1-2-14-29-23)18-21-9-11-25(12-10-21)35-26-13-16-34-20-26/h1-3,5-7,9-12,14,17,26H,4,8,13,15-16,18-20H2/t26-/m0/s1. The number of hydrogen-bond acceptors (Lipinski definition) is 5. The summed E-state index contributed by atoms with van der Waals surface area (Å²) in [5.74, 6) is 0.800. The topological polar surface area (TPSA) is 72.0 Å². The Kier molecular flexibility index (Phi) is 7.04. The van der Waals surface area contributed by atoms with Crippen molar-refractivity contribution in [1.29, 1.82) is 0 Å². The Bertz CT molecular complexity index is 1160. The second-order valence-electron chi connectivity index (χ2n) is 8.93. The van der Waals surface area contributed by atoms with Gasteiger partial charge in [0, 0.05) is 43.4 Å². The molecule has 2 aromatic carbocycles. The van der Waals surface area contributed by atoms with Crippen LogP contribution in [-0.4, -0.2) is 47.6 Å². The molecule has 1 atom stereocenters. The molecule has 0 unspecified atom stereocenters. The van der Waals surface area contributed by atoms with E-state index in [2.05, 4.69) is 4.98 Å². The van der Waals surface area contributed by atoms with Gasteiger partial charge < -0.3 is 19.3 Å². The summed E-state index contributed by atoms with van der Waals surface area (Å²) in [5, 5.41) is 0. The second-order valence-corrected chi connectivity index (χ2v) is 8.93.